The standard InChI is InChI=1S/C38H29ClN2O6/c39-28-21-22-31-32(23-28)34(47-38(43)41-25-27-15-7-2-8-16-27)36(45-30-19-11-4-12-20-30)35(44-29-17-9-3-10-18-29)33(31)46-37(42)40-24-26-13-5-1-6-14-26/h1-23H,24-25H2,(H,40,42)(H,41,43). The van der Waals surface area contributed by atoms with Gasteiger partial charge >= 0.3 is 12.2 Å². The van der Waals surface area contributed by atoms with E-state index in [1.165, 1.54) is 0 Å². The molecule has 6 aromatic carbocycles. The van der Waals surface area contributed by atoms with Crippen molar-refractivity contribution in [2.45, 2.75) is 13.1 Å². The van der Waals surface area contributed by atoms with E-state index in [2.05, 4.69) is 10.6 Å². The van der Waals surface area contributed by atoms with E-state index in [0.29, 0.717) is 27.3 Å². The monoisotopic (exact) mass is 644 g/mol. The van der Waals surface area contributed by atoms with E-state index in [9.17, 15) is 9.59 Å². The Kier molecular flexibility index (Phi) is 9.81. The number of amides is 2. The predicted molar refractivity (Wildman–Crippen MR) is 181 cm³/mol. The number of rotatable bonds is 10. The van der Waals surface area contributed by atoms with Gasteiger partial charge in [0.25, 0.3) is 0 Å². The molecule has 0 atom stereocenters. The maximum atomic E-state index is 13.3. The van der Waals surface area contributed by atoms with Gasteiger partial charge in [-0.25, -0.2) is 9.59 Å². The second kappa shape index (κ2) is 14.9. The number of hydrogen-bond acceptors (Lipinski definition) is 6. The van der Waals surface area contributed by atoms with Crippen molar-refractivity contribution in [3.63, 3.8) is 0 Å². The van der Waals surface area contributed by atoms with Gasteiger partial charge < -0.3 is 29.6 Å². The SMILES string of the molecule is O=C(NCc1ccccc1)Oc1c(Oc2ccccc2)c(Oc2ccccc2)c(OC(=O)NCc2ccccc2)c2cc(Cl)ccc12. The second-order valence-electron chi connectivity index (χ2n) is 10.3. The van der Waals surface area contributed by atoms with Crippen LogP contribution in [0.3, 0.4) is 0 Å². The Hall–Kier alpha value is -5.99. The molecule has 9 heteroatoms. The molecule has 2 N–H and O–H groups in total. The first-order valence-corrected chi connectivity index (χ1v) is 15.2. The molecule has 47 heavy (non-hydrogen) atoms. The molecular weight excluding hydrogens is 616 g/mol. The van der Waals surface area contributed by atoms with Gasteiger partial charge in [-0.05, 0) is 53.6 Å². The van der Waals surface area contributed by atoms with E-state index in [-0.39, 0.29) is 36.1 Å². The number of carbonyl (C=O) groups is 2. The summed E-state index contributed by atoms with van der Waals surface area (Å²) in [6.45, 7) is 0.456. The Morgan fingerprint density at radius 3 is 1.34 bits per heavy atom. The zero-order chi connectivity index (χ0) is 32.4. The molecule has 0 aliphatic rings. The molecule has 0 spiro atoms. The molecule has 8 nitrogen and oxygen atoms in total. The van der Waals surface area contributed by atoms with Crippen LogP contribution >= 0.6 is 11.6 Å². The van der Waals surface area contributed by atoms with Crippen LogP contribution < -0.4 is 29.6 Å². The number of hydrogen-bond donors (Lipinski definition) is 2. The largest absolute Gasteiger partial charge is 0.449 e. The summed E-state index contributed by atoms with van der Waals surface area (Å²) < 4.78 is 24.7. The van der Waals surface area contributed by atoms with Gasteiger partial charge in [0, 0.05) is 28.9 Å². The highest BCUT2D eigenvalue weighted by atomic mass is 35.5. The molecule has 2 amide bonds. The highest BCUT2D eigenvalue weighted by molar-refractivity contribution is 6.31. The lowest BCUT2D eigenvalue weighted by molar-refractivity contribution is 0.195. The quantitative estimate of drug-likeness (QED) is 0.154. The molecule has 0 bridgehead atoms. The molecule has 0 aliphatic carbocycles. The summed E-state index contributed by atoms with van der Waals surface area (Å²) >= 11 is 6.48. The fraction of sp³-hybridized carbons (Fsp3) is 0.0526. The first kappa shape index (κ1) is 31.0. The minimum Gasteiger partial charge on any atom is -0.449 e. The summed E-state index contributed by atoms with van der Waals surface area (Å²) in [4.78, 5) is 26.6. The van der Waals surface area contributed by atoms with Crippen molar-refractivity contribution in [2.24, 2.45) is 0 Å². The van der Waals surface area contributed by atoms with Crippen LogP contribution in [0.2, 0.25) is 5.02 Å². The van der Waals surface area contributed by atoms with Gasteiger partial charge in [0.1, 0.15) is 11.5 Å². The smallest absolute Gasteiger partial charge is 0.413 e. The first-order valence-electron chi connectivity index (χ1n) is 14.8. The van der Waals surface area contributed by atoms with Gasteiger partial charge in [-0.2, -0.15) is 0 Å². The van der Waals surface area contributed by atoms with Crippen LogP contribution in [0, 0.1) is 0 Å². The molecule has 0 unspecified atom stereocenters. The number of fused-ring (bicyclic) bond motifs is 1. The summed E-state index contributed by atoms with van der Waals surface area (Å²) in [5, 5.41) is 6.66. The van der Waals surface area contributed by atoms with E-state index >= 15 is 0 Å². The Morgan fingerprint density at radius 2 is 0.894 bits per heavy atom. The minimum atomic E-state index is -0.743. The van der Waals surface area contributed by atoms with Crippen LogP contribution in [-0.4, -0.2) is 12.2 Å². The second-order valence-corrected chi connectivity index (χ2v) is 10.7. The molecule has 0 fully saturated rings. The third-order valence-corrected chi connectivity index (χ3v) is 7.20. The Labute approximate surface area is 276 Å². The van der Waals surface area contributed by atoms with E-state index < -0.39 is 12.2 Å². The van der Waals surface area contributed by atoms with Gasteiger partial charge in [-0.3, -0.25) is 0 Å². The fourth-order valence-electron chi connectivity index (χ4n) is 4.75. The van der Waals surface area contributed by atoms with Gasteiger partial charge in [-0.15, -0.1) is 0 Å². The van der Waals surface area contributed by atoms with Crippen LogP contribution in [0.25, 0.3) is 10.8 Å². The normalized spacial score (nSPS) is 10.6. The average molecular weight is 645 g/mol. The summed E-state index contributed by atoms with van der Waals surface area (Å²) in [7, 11) is 0. The highest BCUT2D eigenvalue weighted by Crippen LogP contribution is 2.54. The van der Waals surface area contributed by atoms with Crippen molar-refractivity contribution < 1.29 is 28.5 Å². The van der Waals surface area contributed by atoms with E-state index in [4.69, 9.17) is 30.5 Å². The molecular formula is C38H29ClN2O6. The molecule has 6 rings (SSSR count). The maximum Gasteiger partial charge on any atom is 0.413 e. The third kappa shape index (κ3) is 8.00. The van der Waals surface area contributed by atoms with Gasteiger partial charge in [0.15, 0.2) is 11.5 Å². The van der Waals surface area contributed by atoms with Crippen molar-refractivity contribution in [3.8, 4) is 34.5 Å². The highest BCUT2D eigenvalue weighted by Gasteiger charge is 2.29. The molecule has 0 saturated heterocycles. The van der Waals surface area contributed by atoms with E-state index in [1.807, 2.05) is 72.8 Å². The number of nitrogens with one attached hydrogen (secondary N) is 2. The lowest BCUT2D eigenvalue weighted by Crippen LogP contribution is -2.27. The molecule has 0 saturated carbocycles. The summed E-state index contributed by atoms with van der Waals surface area (Å²) in [6, 6.07) is 41.6. The Bertz CT molecular complexity index is 1970. The Morgan fingerprint density at radius 1 is 0.489 bits per heavy atom. The summed E-state index contributed by atoms with van der Waals surface area (Å²) in [5.41, 5.74) is 1.77. The van der Waals surface area contributed by atoms with Gasteiger partial charge in [0.05, 0.1) is 0 Å². The average Bonchev–Trinajstić information content (AvgIpc) is 3.11. The van der Waals surface area contributed by atoms with E-state index in [1.54, 1.807) is 66.7 Å². The fourth-order valence-corrected chi connectivity index (χ4v) is 4.92. The van der Waals surface area contributed by atoms with Crippen molar-refractivity contribution in [1.82, 2.24) is 10.6 Å². The lowest BCUT2D eigenvalue weighted by atomic mass is 10.1. The number of para-hydroxylation sites is 2. The first-order chi connectivity index (χ1) is 23.0. The number of halogens is 1. The molecule has 0 heterocycles. The van der Waals surface area contributed by atoms with Crippen molar-refractivity contribution >= 4 is 34.6 Å². The van der Waals surface area contributed by atoms with Gasteiger partial charge in [-0.1, -0.05) is 109 Å². The Balaban J connectivity index is 1.47. The van der Waals surface area contributed by atoms with Crippen LogP contribution in [0.4, 0.5) is 9.59 Å². The number of benzene rings is 6. The van der Waals surface area contributed by atoms with Crippen molar-refractivity contribution in [1.29, 1.82) is 0 Å². The number of ether oxygens (including phenoxy) is 4. The maximum absolute atomic E-state index is 13.3. The lowest BCUT2D eigenvalue weighted by Gasteiger charge is -2.22. The summed E-state index contributed by atoms with van der Waals surface area (Å²) in [6.07, 6.45) is -1.48. The van der Waals surface area contributed by atoms with Crippen LogP contribution in [-0.2, 0) is 13.1 Å². The molecule has 0 radical (unpaired) electrons. The minimum absolute atomic E-state index is 0.00413. The number of carbonyl (C=O) groups excluding carboxylic acids is 2. The van der Waals surface area contributed by atoms with Crippen LogP contribution in [0.15, 0.2) is 140 Å². The topological polar surface area (TPSA) is 95.1 Å². The zero-order valence-corrected chi connectivity index (χ0v) is 25.8. The summed E-state index contributed by atoms with van der Waals surface area (Å²) in [5.74, 6) is 0.897. The van der Waals surface area contributed by atoms with Crippen molar-refractivity contribution in [2.75, 3.05) is 0 Å². The van der Waals surface area contributed by atoms with E-state index in [0.717, 1.165) is 11.1 Å². The third-order valence-electron chi connectivity index (χ3n) is 6.96. The molecule has 6 aromatic rings. The van der Waals surface area contributed by atoms with Gasteiger partial charge in [0.2, 0.25) is 11.5 Å². The molecule has 0 aromatic heterocycles. The molecule has 0 aliphatic heterocycles. The van der Waals surface area contributed by atoms with Crippen LogP contribution in [0.5, 0.6) is 34.5 Å². The predicted octanol–water partition coefficient (Wildman–Crippen LogP) is 9.65. The molecule has 234 valence electrons. The van der Waals surface area contributed by atoms with Crippen LogP contribution in [0.1, 0.15) is 11.1 Å². The van der Waals surface area contributed by atoms with Crippen molar-refractivity contribution in [3.05, 3.63) is 156 Å². The zero-order valence-electron chi connectivity index (χ0n) is 25.0.